The van der Waals surface area contributed by atoms with Crippen LogP contribution in [0.5, 0.6) is 0 Å². The number of nitrogens with one attached hydrogen (secondary N) is 1. The van der Waals surface area contributed by atoms with Crippen molar-refractivity contribution in [1.29, 1.82) is 0 Å². The molecule has 2 rings (SSSR count). The van der Waals surface area contributed by atoms with E-state index in [0.29, 0.717) is 23.0 Å². The summed E-state index contributed by atoms with van der Waals surface area (Å²) < 4.78 is 13.7. The summed E-state index contributed by atoms with van der Waals surface area (Å²) >= 11 is 3.03. The number of halogens is 2. The lowest BCUT2D eigenvalue weighted by atomic mass is 9.95. The highest BCUT2D eigenvalue weighted by Gasteiger charge is 2.41. The Hall–Kier alpha value is -1.43. The van der Waals surface area contributed by atoms with Crippen LogP contribution in [-0.4, -0.2) is 17.0 Å². The number of amides is 1. The second-order valence-corrected chi connectivity index (χ2v) is 6.10. The summed E-state index contributed by atoms with van der Waals surface area (Å²) in [5.41, 5.74) is 0.333. The Morgan fingerprint density at radius 1 is 1.35 bits per heavy atom. The molecule has 0 spiro atoms. The summed E-state index contributed by atoms with van der Waals surface area (Å²) in [5.74, 6) is -2.80. The first kappa shape index (κ1) is 15.0. The number of anilines is 1. The molecule has 6 heteroatoms. The van der Waals surface area contributed by atoms with Crippen molar-refractivity contribution in [3.63, 3.8) is 0 Å². The average molecular weight is 344 g/mol. The first-order chi connectivity index (χ1) is 9.38. The Labute approximate surface area is 124 Å². The van der Waals surface area contributed by atoms with Crippen molar-refractivity contribution in [2.75, 3.05) is 5.32 Å². The maximum Gasteiger partial charge on any atom is 0.307 e. The molecular formula is C14H15BrFNO3. The molecule has 1 aromatic carbocycles. The zero-order valence-electron chi connectivity index (χ0n) is 10.9. The largest absolute Gasteiger partial charge is 0.481 e. The molecule has 1 aliphatic carbocycles. The van der Waals surface area contributed by atoms with E-state index in [1.54, 1.807) is 6.07 Å². The van der Waals surface area contributed by atoms with Crippen LogP contribution in [0.4, 0.5) is 10.1 Å². The lowest BCUT2D eigenvalue weighted by Gasteiger charge is -2.15. The molecule has 1 aliphatic rings. The van der Waals surface area contributed by atoms with E-state index in [-0.39, 0.29) is 11.8 Å². The summed E-state index contributed by atoms with van der Waals surface area (Å²) in [4.78, 5) is 23.3. The summed E-state index contributed by atoms with van der Waals surface area (Å²) in [6.45, 7) is 1.93. The molecule has 0 aliphatic heterocycles. The Morgan fingerprint density at radius 3 is 2.60 bits per heavy atom. The van der Waals surface area contributed by atoms with Gasteiger partial charge in [0.1, 0.15) is 5.82 Å². The molecule has 0 heterocycles. The average Bonchev–Trinajstić information content (AvgIpc) is 2.76. The molecule has 0 radical (unpaired) electrons. The third-order valence-corrected chi connectivity index (χ3v) is 4.28. The second kappa shape index (κ2) is 5.91. The fraction of sp³-hybridized carbons (Fsp3) is 0.429. The first-order valence-corrected chi connectivity index (χ1v) is 7.16. The van der Waals surface area contributed by atoms with Crippen LogP contribution in [0.25, 0.3) is 0 Å². The molecule has 0 aromatic heterocycles. The van der Waals surface area contributed by atoms with Crippen LogP contribution in [0.1, 0.15) is 19.8 Å². The summed E-state index contributed by atoms with van der Waals surface area (Å²) in [5, 5.41) is 11.7. The smallest absolute Gasteiger partial charge is 0.307 e. The standard InChI is InChI=1S/C14H15BrFNO3/c1-7-4-9(10(5-7)14(19)20)13(18)17-8-2-3-11(15)12(16)6-8/h2-3,6-7,9-10H,4-5H2,1H3,(H,17,18)(H,19,20). The summed E-state index contributed by atoms with van der Waals surface area (Å²) in [6.07, 6.45) is 1.05. The van der Waals surface area contributed by atoms with Crippen molar-refractivity contribution in [3.05, 3.63) is 28.5 Å². The number of aliphatic carboxylic acids is 1. The highest BCUT2D eigenvalue weighted by molar-refractivity contribution is 9.10. The highest BCUT2D eigenvalue weighted by Crippen LogP contribution is 2.37. The zero-order chi connectivity index (χ0) is 14.9. The number of benzene rings is 1. The van der Waals surface area contributed by atoms with Crippen LogP contribution < -0.4 is 5.32 Å². The molecule has 3 unspecified atom stereocenters. The quantitative estimate of drug-likeness (QED) is 0.884. The van der Waals surface area contributed by atoms with Crippen LogP contribution in [0.15, 0.2) is 22.7 Å². The lowest BCUT2D eigenvalue weighted by Crippen LogP contribution is -2.30. The number of carboxylic acid groups (broad SMARTS) is 1. The van der Waals surface area contributed by atoms with Gasteiger partial charge in [-0.25, -0.2) is 4.39 Å². The molecule has 0 saturated heterocycles. The topological polar surface area (TPSA) is 66.4 Å². The number of carboxylic acids is 1. The van der Waals surface area contributed by atoms with Crippen molar-refractivity contribution in [3.8, 4) is 0 Å². The monoisotopic (exact) mass is 343 g/mol. The Morgan fingerprint density at radius 2 is 2.00 bits per heavy atom. The van der Waals surface area contributed by atoms with Crippen molar-refractivity contribution >= 4 is 33.5 Å². The molecule has 1 fully saturated rings. The van der Waals surface area contributed by atoms with Gasteiger partial charge < -0.3 is 10.4 Å². The molecule has 3 atom stereocenters. The number of carbonyl (C=O) groups excluding carboxylic acids is 1. The van der Waals surface area contributed by atoms with Crippen LogP contribution >= 0.6 is 15.9 Å². The van der Waals surface area contributed by atoms with Gasteiger partial charge in [0.25, 0.3) is 0 Å². The third-order valence-electron chi connectivity index (χ3n) is 3.64. The molecular weight excluding hydrogens is 329 g/mol. The van der Waals surface area contributed by atoms with Crippen molar-refractivity contribution in [1.82, 2.24) is 0 Å². The Balaban J connectivity index is 2.11. The molecule has 1 saturated carbocycles. The van der Waals surface area contributed by atoms with E-state index in [9.17, 15) is 14.0 Å². The predicted molar refractivity (Wildman–Crippen MR) is 75.7 cm³/mol. The van der Waals surface area contributed by atoms with Crippen LogP contribution in [0.3, 0.4) is 0 Å². The number of carbonyl (C=O) groups is 2. The fourth-order valence-electron chi connectivity index (χ4n) is 2.66. The molecule has 4 nitrogen and oxygen atoms in total. The van der Waals surface area contributed by atoms with Crippen LogP contribution in [-0.2, 0) is 9.59 Å². The van der Waals surface area contributed by atoms with E-state index in [0.717, 1.165) is 0 Å². The maximum atomic E-state index is 13.4. The molecule has 1 aromatic rings. The zero-order valence-corrected chi connectivity index (χ0v) is 12.5. The lowest BCUT2D eigenvalue weighted by molar-refractivity contribution is -0.145. The van der Waals surface area contributed by atoms with Gasteiger partial charge in [-0.15, -0.1) is 0 Å². The van der Waals surface area contributed by atoms with Gasteiger partial charge in [0.2, 0.25) is 5.91 Å². The van der Waals surface area contributed by atoms with Gasteiger partial charge in [0.05, 0.1) is 16.3 Å². The Kier molecular flexibility index (Phi) is 4.42. The number of rotatable bonds is 3. The fourth-order valence-corrected chi connectivity index (χ4v) is 2.91. The molecule has 108 valence electrons. The molecule has 20 heavy (non-hydrogen) atoms. The molecule has 2 N–H and O–H groups in total. The Bertz CT molecular complexity index is 549. The van der Waals surface area contributed by atoms with Gasteiger partial charge >= 0.3 is 5.97 Å². The van der Waals surface area contributed by atoms with Gasteiger partial charge in [-0.3, -0.25) is 9.59 Å². The highest BCUT2D eigenvalue weighted by atomic mass is 79.9. The summed E-state index contributed by atoms with van der Waals surface area (Å²) in [7, 11) is 0. The van der Waals surface area contributed by atoms with E-state index in [1.807, 2.05) is 6.92 Å². The van der Waals surface area contributed by atoms with E-state index >= 15 is 0 Å². The number of hydrogen-bond donors (Lipinski definition) is 2. The second-order valence-electron chi connectivity index (χ2n) is 5.25. The normalized spacial score (nSPS) is 25.4. The van der Waals surface area contributed by atoms with Crippen LogP contribution in [0, 0.1) is 23.6 Å². The van der Waals surface area contributed by atoms with Gasteiger partial charge in [-0.1, -0.05) is 6.92 Å². The van der Waals surface area contributed by atoms with Gasteiger partial charge in [-0.05, 0) is 52.9 Å². The molecule has 1 amide bonds. The minimum absolute atomic E-state index is 0.202. The van der Waals surface area contributed by atoms with E-state index in [2.05, 4.69) is 21.2 Å². The minimum atomic E-state index is -0.948. The summed E-state index contributed by atoms with van der Waals surface area (Å²) in [6, 6.07) is 4.27. The SMILES string of the molecule is CC1CC(C(=O)O)C(C(=O)Nc2ccc(Br)c(F)c2)C1. The maximum absolute atomic E-state index is 13.4. The van der Waals surface area contributed by atoms with Crippen LogP contribution in [0.2, 0.25) is 0 Å². The van der Waals surface area contributed by atoms with Crippen molar-refractivity contribution in [2.45, 2.75) is 19.8 Å². The van der Waals surface area contributed by atoms with Gasteiger partial charge in [0, 0.05) is 5.69 Å². The minimum Gasteiger partial charge on any atom is -0.481 e. The van der Waals surface area contributed by atoms with Crippen molar-refractivity contribution < 1.29 is 19.1 Å². The van der Waals surface area contributed by atoms with E-state index in [1.165, 1.54) is 12.1 Å². The first-order valence-electron chi connectivity index (χ1n) is 6.37. The van der Waals surface area contributed by atoms with Gasteiger partial charge in [0.15, 0.2) is 0 Å². The third kappa shape index (κ3) is 3.17. The molecule has 0 bridgehead atoms. The van der Waals surface area contributed by atoms with Crippen molar-refractivity contribution in [2.24, 2.45) is 17.8 Å². The van der Waals surface area contributed by atoms with E-state index < -0.39 is 23.6 Å². The van der Waals surface area contributed by atoms with Gasteiger partial charge in [-0.2, -0.15) is 0 Å². The number of hydrogen-bond acceptors (Lipinski definition) is 2. The van der Waals surface area contributed by atoms with E-state index in [4.69, 9.17) is 5.11 Å². The predicted octanol–water partition coefficient (Wildman–Crippen LogP) is 3.27.